The van der Waals surface area contributed by atoms with Crippen LogP contribution in [0.25, 0.3) is 10.9 Å². The van der Waals surface area contributed by atoms with Gasteiger partial charge in [0, 0.05) is 59.7 Å². The van der Waals surface area contributed by atoms with Crippen molar-refractivity contribution in [3.63, 3.8) is 0 Å². The summed E-state index contributed by atoms with van der Waals surface area (Å²) in [5.74, 6) is 0.361. The minimum Gasteiger partial charge on any atom is -0.494 e. The molecule has 0 bridgehead atoms. The van der Waals surface area contributed by atoms with Crippen molar-refractivity contribution in [2.45, 2.75) is 18.9 Å². The maximum atomic E-state index is 15.2. The van der Waals surface area contributed by atoms with Crippen LogP contribution in [-0.2, 0) is 0 Å². The predicted molar refractivity (Wildman–Crippen MR) is 133 cm³/mol. The largest absolute Gasteiger partial charge is 0.494 e. The molecule has 3 heterocycles. The molecule has 2 aromatic carbocycles. The Bertz CT molecular complexity index is 1210. The molecule has 172 valence electrons. The molecule has 7 heteroatoms. The number of rotatable bonds is 5. The van der Waals surface area contributed by atoms with Gasteiger partial charge in [-0.25, -0.2) is 4.39 Å². The summed E-state index contributed by atoms with van der Waals surface area (Å²) in [7, 11) is 5.96. The Hall–Kier alpha value is -3.32. The topological polar surface area (TPSA) is 47.1 Å². The molecule has 1 aromatic heterocycles. The number of methoxy groups -OCH3 is 1. The highest BCUT2D eigenvalue weighted by Crippen LogP contribution is 2.36. The Balaban J connectivity index is 1.36. The van der Waals surface area contributed by atoms with E-state index < -0.39 is 0 Å². The SMILES string of the molecule is COc1cc(N2CCC(N(C)C)CC2)ccc1N1C=C(F)C(c2c[nH]c3ccccc23)=NC1. The second-order valence-corrected chi connectivity index (χ2v) is 8.88. The fraction of sp³-hybridized carbons (Fsp3) is 0.346. The van der Waals surface area contributed by atoms with Gasteiger partial charge in [0.15, 0.2) is 5.83 Å². The van der Waals surface area contributed by atoms with Gasteiger partial charge in [-0.2, -0.15) is 0 Å². The first kappa shape index (κ1) is 21.5. The molecule has 1 N–H and O–H groups in total. The monoisotopic (exact) mass is 447 g/mol. The van der Waals surface area contributed by atoms with Gasteiger partial charge in [-0.05, 0) is 45.1 Å². The van der Waals surface area contributed by atoms with E-state index in [2.05, 4.69) is 46.0 Å². The van der Waals surface area contributed by atoms with Gasteiger partial charge in [-0.1, -0.05) is 18.2 Å². The highest BCUT2D eigenvalue weighted by atomic mass is 19.1. The van der Waals surface area contributed by atoms with Gasteiger partial charge in [-0.15, -0.1) is 0 Å². The van der Waals surface area contributed by atoms with Crippen molar-refractivity contribution in [1.29, 1.82) is 0 Å². The molecule has 0 atom stereocenters. The zero-order chi connectivity index (χ0) is 22.9. The summed E-state index contributed by atoms with van der Waals surface area (Å²) in [6.45, 7) is 2.36. The molecule has 0 amide bonds. The predicted octanol–water partition coefficient (Wildman–Crippen LogP) is 4.78. The Morgan fingerprint density at radius 1 is 1.12 bits per heavy atom. The molecule has 2 aliphatic heterocycles. The Kier molecular flexibility index (Phi) is 5.81. The number of para-hydroxylation sites is 1. The van der Waals surface area contributed by atoms with Gasteiger partial charge >= 0.3 is 0 Å². The minimum atomic E-state index is -0.358. The summed E-state index contributed by atoms with van der Waals surface area (Å²) in [5, 5.41) is 0.966. The summed E-state index contributed by atoms with van der Waals surface area (Å²) < 4.78 is 20.9. The number of anilines is 2. The van der Waals surface area contributed by atoms with Crippen molar-refractivity contribution in [3.8, 4) is 5.75 Å². The van der Waals surface area contributed by atoms with E-state index in [4.69, 9.17) is 4.74 Å². The molecule has 1 saturated heterocycles. The van der Waals surface area contributed by atoms with E-state index in [-0.39, 0.29) is 5.83 Å². The minimum absolute atomic E-state index is 0.326. The highest BCUT2D eigenvalue weighted by molar-refractivity contribution is 6.18. The van der Waals surface area contributed by atoms with E-state index in [9.17, 15) is 0 Å². The van der Waals surface area contributed by atoms with Crippen LogP contribution in [0, 0.1) is 0 Å². The van der Waals surface area contributed by atoms with E-state index in [1.165, 1.54) is 6.20 Å². The zero-order valence-corrected chi connectivity index (χ0v) is 19.4. The third-order valence-electron chi connectivity index (χ3n) is 6.75. The lowest BCUT2D eigenvalue weighted by Gasteiger charge is -2.37. The first-order valence-corrected chi connectivity index (χ1v) is 11.4. The van der Waals surface area contributed by atoms with Crippen LogP contribution in [0.1, 0.15) is 18.4 Å². The number of aromatic nitrogens is 1. The molecule has 6 nitrogen and oxygen atoms in total. The van der Waals surface area contributed by atoms with E-state index in [1.807, 2.05) is 36.5 Å². The first-order valence-electron chi connectivity index (χ1n) is 11.4. The number of ether oxygens (including phenoxy) is 1. The fourth-order valence-electron chi connectivity index (χ4n) is 4.83. The summed E-state index contributed by atoms with van der Waals surface area (Å²) in [5.41, 5.74) is 4.07. The summed E-state index contributed by atoms with van der Waals surface area (Å²) >= 11 is 0. The summed E-state index contributed by atoms with van der Waals surface area (Å²) in [6.07, 6.45) is 5.62. The number of aromatic amines is 1. The van der Waals surface area contributed by atoms with Crippen LogP contribution in [-0.4, -0.2) is 62.6 Å². The number of benzene rings is 2. The van der Waals surface area contributed by atoms with Crippen molar-refractivity contribution in [2.24, 2.45) is 4.99 Å². The third kappa shape index (κ3) is 4.09. The molecule has 0 aliphatic carbocycles. The van der Waals surface area contributed by atoms with Gasteiger partial charge in [0.25, 0.3) is 0 Å². The van der Waals surface area contributed by atoms with E-state index >= 15 is 4.39 Å². The van der Waals surface area contributed by atoms with E-state index in [0.29, 0.717) is 18.4 Å². The molecule has 3 aromatic rings. The van der Waals surface area contributed by atoms with Gasteiger partial charge in [-0.3, -0.25) is 4.99 Å². The van der Waals surface area contributed by atoms with Gasteiger partial charge in [0.2, 0.25) is 0 Å². The second-order valence-electron chi connectivity index (χ2n) is 8.88. The second kappa shape index (κ2) is 8.90. The zero-order valence-electron chi connectivity index (χ0n) is 19.4. The van der Waals surface area contributed by atoms with Crippen LogP contribution in [0.2, 0.25) is 0 Å². The van der Waals surface area contributed by atoms with Crippen molar-refractivity contribution in [2.75, 3.05) is 50.8 Å². The molecule has 0 spiro atoms. The molecule has 2 aliphatic rings. The van der Waals surface area contributed by atoms with E-state index in [1.54, 1.807) is 12.0 Å². The average molecular weight is 448 g/mol. The van der Waals surface area contributed by atoms with Gasteiger partial charge in [0.1, 0.15) is 18.1 Å². The van der Waals surface area contributed by atoms with Crippen molar-refractivity contribution in [1.82, 2.24) is 9.88 Å². The van der Waals surface area contributed by atoms with Crippen LogP contribution in [0.3, 0.4) is 0 Å². The molecule has 33 heavy (non-hydrogen) atoms. The number of fused-ring (bicyclic) bond motifs is 1. The number of nitrogens with zero attached hydrogens (tertiary/aromatic N) is 4. The average Bonchev–Trinajstić information content (AvgIpc) is 3.27. The van der Waals surface area contributed by atoms with Crippen LogP contribution in [0.5, 0.6) is 5.75 Å². The number of halogens is 1. The Labute approximate surface area is 194 Å². The molecular formula is C26H30FN5O. The molecule has 0 radical (unpaired) electrons. The fourth-order valence-corrected chi connectivity index (χ4v) is 4.83. The lowest BCUT2D eigenvalue weighted by atomic mass is 10.0. The lowest BCUT2D eigenvalue weighted by molar-refractivity contribution is 0.249. The van der Waals surface area contributed by atoms with Crippen molar-refractivity contribution < 1.29 is 9.13 Å². The Morgan fingerprint density at radius 3 is 2.64 bits per heavy atom. The van der Waals surface area contributed by atoms with Crippen molar-refractivity contribution >= 4 is 28.0 Å². The number of allylic oxidation sites excluding steroid dienone is 1. The normalized spacial score (nSPS) is 17.5. The van der Waals surface area contributed by atoms with Crippen LogP contribution >= 0.6 is 0 Å². The maximum absolute atomic E-state index is 15.2. The van der Waals surface area contributed by atoms with E-state index in [0.717, 1.165) is 59.5 Å². The molecule has 0 unspecified atom stereocenters. The standard InChI is InChI=1S/C26H30FN5O/c1-30(2)18-10-12-31(13-11-18)19-8-9-24(25(14-19)33-3)32-16-22(27)26(29-17-32)21-15-28-23-7-5-4-6-20(21)23/h4-9,14-16,18,28H,10-13,17H2,1-3H3. The molecule has 0 saturated carbocycles. The van der Waals surface area contributed by atoms with Crippen LogP contribution < -0.4 is 14.5 Å². The highest BCUT2D eigenvalue weighted by Gasteiger charge is 2.24. The van der Waals surface area contributed by atoms with Gasteiger partial charge in [0.05, 0.1) is 12.8 Å². The number of aliphatic imine (C=N–C) groups is 1. The maximum Gasteiger partial charge on any atom is 0.165 e. The first-order chi connectivity index (χ1) is 16.0. The van der Waals surface area contributed by atoms with Crippen LogP contribution in [0.15, 0.2) is 65.7 Å². The van der Waals surface area contributed by atoms with Crippen molar-refractivity contribution in [3.05, 3.63) is 66.3 Å². The molecule has 1 fully saturated rings. The number of hydrogen-bond donors (Lipinski definition) is 1. The van der Waals surface area contributed by atoms with Gasteiger partial charge < -0.3 is 24.4 Å². The quantitative estimate of drug-likeness (QED) is 0.611. The molecular weight excluding hydrogens is 417 g/mol. The number of hydrogen-bond acceptors (Lipinski definition) is 5. The number of piperidine rings is 1. The summed E-state index contributed by atoms with van der Waals surface area (Å²) in [6, 6.07) is 14.6. The number of nitrogens with one attached hydrogen (secondary N) is 1. The smallest absolute Gasteiger partial charge is 0.165 e. The third-order valence-corrected chi connectivity index (χ3v) is 6.75. The molecule has 5 rings (SSSR count). The van der Waals surface area contributed by atoms with Crippen LogP contribution in [0.4, 0.5) is 15.8 Å². The number of H-pyrrole nitrogens is 1. The summed E-state index contributed by atoms with van der Waals surface area (Å²) in [4.78, 5) is 14.3. The lowest BCUT2D eigenvalue weighted by Crippen LogP contribution is -2.42. The Morgan fingerprint density at radius 2 is 1.91 bits per heavy atom.